The summed E-state index contributed by atoms with van der Waals surface area (Å²) in [5.41, 5.74) is 2.23. The van der Waals surface area contributed by atoms with Crippen molar-refractivity contribution in [3.05, 3.63) is 29.8 Å². The minimum Gasteiger partial charge on any atom is -0.312 e. The van der Waals surface area contributed by atoms with Crippen LogP contribution >= 0.6 is 0 Å². The Balaban J connectivity index is 2.88. The molecule has 1 amide bonds. The van der Waals surface area contributed by atoms with Crippen LogP contribution in [0.3, 0.4) is 0 Å². The molecule has 0 N–H and O–H groups in total. The number of carbonyl (C=O) groups excluding carboxylic acids is 1. The third-order valence-electron chi connectivity index (χ3n) is 2.53. The van der Waals surface area contributed by atoms with Crippen molar-refractivity contribution in [2.75, 3.05) is 11.4 Å². The lowest BCUT2D eigenvalue weighted by Crippen LogP contribution is -2.31. The van der Waals surface area contributed by atoms with Gasteiger partial charge in [0.1, 0.15) is 0 Å². The van der Waals surface area contributed by atoms with Crippen LogP contribution in [0.5, 0.6) is 0 Å². The largest absolute Gasteiger partial charge is 0.312 e. The van der Waals surface area contributed by atoms with E-state index in [0.717, 1.165) is 25.1 Å². The molecule has 16 heavy (non-hydrogen) atoms. The first-order valence-corrected chi connectivity index (χ1v) is 6.06. The number of benzene rings is 1. The fourth-order valence-corrected chi connectivity index (χ4v) is 1.77. The second kappa shape index (κ2) is 6.31. The molecule has 0 fully saturated rings. The van der Waals surface area contributed by atoms with E-state index in [-0.39, 0.29) is 5.91 Å². The van der Waals surface area contributed by atoms with Gasteiger partial charge in [-0.1, -0.05) is 26.0 Å². The predicted molar refractivity (Wildman–Crippen MR) is 68.7 cm³/mol. The lowest BCUT2D eigenvalue weighted by Gasteiger charge is -2.22. The summed E-state index contributed by atoms with van der Waals surface area (Å²) >= 11 is 0. The van der Waals surface area contributed by atoms with Gasteiger partial charge < -0.3 is 4.90 Å². The molecule has 0 aliphatic heterocycles. The molecule has 2 nitrogen and oxygen atoms in total. The van der Waals surface area contributed by atoms with E-state index in [2.05, 4.69) is 26.0 Å². The van der Waals surface area contributed by atoms with Crippen molar-refractivity contribution in [2.45, 2.75) is 40.0 Å². The molecule has 0 heterocycles. The normalized spacial score (nSPS) is 10.2. The van der Waals surface area contributed by atoms with Crippen molar-refractivity contribution >= 4 is 11.6 Å². The quantitative estimate of drug-likeness (QED) is 0.741. The maximum absolute atomic E-state index is 12.0. The molecular weight excluding hydrogens is 198 g/mol. The summed E-state index contributed by atoms with van der Waals surface area (Å²) < 4.78 is 0. The van der Waals surface area contributed by atoms with Gasteiger partial charge in [0.2, 0.25) is 5.91 Å². The molecular formula is C14H21NO. The zero-order chi connectivity index (χ0) is 12.0. The topological polar surface area (TPSA) is 20.3 Å². The Morgan fingerprint density at radius 3 is 2.56 bits per heavy atom. The Labute approximate surface area is 98.3 Å². The highest BCUT2D eigenvalue weighted by atomic mass is 16.2. The van der Waals surface area contributed by atoms with E-state index in [1.165, 1.54) is 5.56 Å². The summed E-state index contributed by atoms with van der Waals surface area (Å²) in [6.45, 7) is 7.00. The van der Waals surface area contributed by atoms with E-state index in [9.17, 15) is 4.79 Å². The van der Waals surface area contributed by atoms with Gasteiger partial charge in [0.25, 0.3) is 0 Å². The first-order valence-electron chi connectivity index (χ1n) is 6.06. The molecule has 0 aliphatic rings. The number of aryl methyl sites for hydroxylation is 1. The minimum atomic E-state index is 0.231. The Hall–Kier alpha value is -1.31. The maximum Gasteiger partial charge on any atom is 0.226 e. The molecule has 0 saturated heterocycles. The van der Waals surface area contributed by atoms with E-state index < -0.39 is 0 Å². The van der Waals surface area contributed by atoms with Gasteiger partial charge in [-0.2, -0.15) is 0 Å². The van der Waals surface area contributed by atoms with Crippen molar-refractivity contribution in [1.29, 1.82) is 0 Å². The van der Waals surface area contributed by atoms with Gasteiger partial charge in [-0.3, -0.25) is 4.79 Å². The van der Waals surface area contributed by atoms with E-state index in [1.54, 1.807) is 0 Å². The third-order valence-corrected chi connectivity index (χ3v) is 2.53. The second-order valence-electron chi connectivity index (χ2n) is 4.13. The highest BCUT2D eigenvalue weighted by Gasteiger charge is 2.13. The van der Waals surface area contributed by atoms with Crippen molar-refractivity contribution in [3.8, 4) is 0 Å². The van der Waals surface area contributed by atoms with Crippen LogP contribution < -0.4 is 4.90 Å². The molecule has 1 aromatic rings. The molecule has 0 saturated carbocycles. The fraction of sp³-hybridized carbons (Fsp3) is 0.500. The van der Waals surface area contributed by atoms with Crippen LogP contribution in [0, 0.1) is 6.92 Å². The van der Waals surface area contributed by atoms with Gasteiger partial charge in [-0.05, 0) is 37.5 Å². The monoisotopic (exact) mass is 219 g/mol. The maximum atomic E-state index is 12.0. The van der Waals surface area contributed by atoms with Gasteiger partial charge in [-0.15, -0.1) is 0 Å². The number of rotatable bonds is 5. The van der Waals surface area contributed by atoms with Gasteiger partial charge >= 0.3 is 0 Å². The van der Waals surface area contributed by atoms with Crippen LogP contribution in [0.15, 0.2) is 24.3 Å². The number of nitrogens with zero attached hydrogens (tertiary/aromatic N) is 1. The Morgan fingerprint density at radius 2 is 2.00 bits per heavy atom. The van der Waals surface area contributed by atoms with Crippen molar-refractivity contribution in [2.24, 2.45) is 0 Å². The average molecular weight is 219 g/mol. The highest BCUT2D eigenvalue weighted by Crippen LogP contribution is 2.17. The lowest BCUT2D eigenvalue weighted by atomic mass is 10.2. The molecule has 0 spiro atoms. The first kappa shape index (κ1) is 12.8. The molecule has 0 aromatic heterocycles. The number of hydrogen-bond acceptors (Lipinski definition) is 1. The first-order chi connectivity index (χ1) is 7.69. The summed E-state index contributed by atoms with van der Waals surface area (Å²) in [5, 5.41) is 0. The Kier molecular flexibility index (Phi) is 5.03. The third kappa shape index (κ3) is 3.37. The molecule has 0 bridgehead atoms. The number of amides is 1. The number of carbonyl (C=O) groups is 1. The number of hydrogen-bond donors (Lipinski definition) is 0. The van der Waals surface area contributed by atoms with Crippen LogP contribution in [0.25, 0.3) is 0 Å². The van der Waals surface area contributed by atoms with Crippen LogP contribution in [-0.2, 0) is 4.79 Å². The Bertz CT molecular complexity index is 346. The number of anilines is 1. The lowest BCUT2D eigenvalue weighted by molar-refractivity contribution is -0.118. The van der Waals surface area contributed by atoms with Crippen molar-refractivity contribution in [3.63, 3.8) is 0 Å². The predicted octanol–water partition coefficient (Wildman–Crippen LogP) is 3.54. The van der Waals surface area contributed by atoms with E-state index in [4.69, 9.17) is 0 Å². The highest BCUT2D eigenvalue weighted by molar-refractivity contribution is 5.93. The minimum absolute atomic E-state index is 0.231. The molecule has 0 unspecified atom stereocenters. The van der Waals surface area contributed by atoms with Crippen molar-refractivity contribution in [1.82, 2.24) is 0 Å². The van der Waals surface area contributed by atoms with Crippen LogP contribution in [-0.4, -0.2) is 12.5 Å². The van der Waals surface area contributed by atoms with Gasteiger partial charge in [0.05, 0.1) is 0 Å². The smallest absolute Gasteiger partial charge is 0.226 e. The molecule has 0 aliphatic carbocycles. The Morgan fingerprint density at radius 1 is 1.25 bits per heavy atom. The van der Waals surface area contributed by atoms with E-state index in [0.29, 0.717) is 6.42 Å². The van der Waals surface area contributed by atoms with Crippen LogP contribution in [0.4, 0.5) is 5.69 Å². The SMILES string of the molecule is CCCC(=O)N(CCC)c1cccc(C)c1. The summed E-state index contributed by atoms with van der Waals surface area (Å²) in [6, 6.07) is 8.14. The molecule has 1 aromatic carbocycles. The molecule has 2 heteroatoms. The summed E-state index contributed by atoms with van der Waals surface area (Å²) in [7, 11) is 0. The standard InChI is InChI=1S/C14H21NO/c1-4-7-14(16)15(10-5-2)13-9-6-8-12(3)11-13/h6,8-9,11H,4-5,7,10H2,1-3H3. The van der Waals surface area contributed by atoms with Crippen LogP contribution in [0.2, 0.25) is 0 Å². The molecule has 88 valence electrons. The summed E-state index contributed by atoms with van der Waals surface area (Å²) in [4.78, 5) is 13.9. The van der Waals surface area contributed by atoms with E-state index >= 15 is 0 Å². The van der Waals surface area contributed by atoms with E-state index in [1.807, 2.05) is 24.0 Å². The zero-order valence-electron chi connectivity index (χ0n) is 10.5. The van der Waals surface area contributed by atoms with Crippen molar-refractivity contribution < 1.29 is 4.79 Å². The average Bonchev–Trinajstić information content (AvgIpc) is 2.26. The molecule has 0 radical (unpaired) electrons. The summed E-state index contributed by atoms with van der Waals surface area (Å²) in [6.07, 6.45) is 2.53. The summed E-state index contributed by atoms with van der Waals surface area (Å²) in [5.74, 6) is 0.231. The van der Waals surface area contributed by atoms with Gasteiger partial charge in [0.15, 0.2) is 0 Å². The molecule has 0 atom stereocenters. The molecule has 1 rings (SSSR count). The fourth-order valence-electron chi connectivity index (χ4n) is 1.77. The van der Waals surface area contributed by atoms with Gasteiger partial charge in [-0.25, -0.2) is 0 Å². The zero-order valence-corrected chi connectivity index (χ0v) is 10.5. The van der Waals surface area contributed by atoms with Crippen LogP contribution in [0.1, 0.15) is 38.7 Å². The van der Waals surface area contributed by atoms with Gasteiger partial charge in [0, 0.05) is 18.7 Å². The second-order valence-corrected chi connectivity index (χ2v) is 4.13.